The standard InChI is InChI=1S/C19H17N3O2S/c1-12-4-3-5-14(10-12)6-9-18(24)22-19-21-16-8-7-15(20-13(2)23)11-17(16)25-19/h3-11H,1-2H3,(H,20,23)(H,21,22,24)/b9-6+. The van der Waals surface area contributed by atoms with Crippen LogP contribution in [0.5, 0.6) is 0 Å². The maximum atomic E-state index is 12.1. The summed E-state index contributed by atoms with van der Waals surface area (Å²) in [6.07, 6.45) is 3.26. The fraction of sp³-hybridized carbons (Fsp3) is 0.105. The molecule has 3 rings (SSSR count). The van der Waals surface area contributed by atoms with Crippen LogP contribution in [0.1, 0.15) is 18.1 Å². The van der Waals surface area contributed by atoms with Gasteiger partial charge in [0.25, 0.3) is 0 Å². The van der Waals surface area contributed by atoms with Crippen LogP contribution in [0.4, 0.5) is 10.8 Å². The van der Waals surface area contributed by atoms with E-state index in [1.165, 1.54) is 24.3 Å². The molecule has 2 aromatic carbocycles. The summed E-state index contributed by atoms with van der Waals surface area (Å²) in [5.41, 5.74) is 3.60. The summed E-state index contributed by atoms with van der Waals surface area (Å²) in [7, 11) is 0. The number of fused-ring (bicyclic) bond motifs is 1. The molecule has 25 heavy (non-hydrogen) atoms. The fourth-order valence-electron chi connectivity index (χ4n) is 2.35. The number of hydrogen-bond acceptors (Lipinski definition) is 4. The number of aromatic nitrogens is 1. The van der Waals surface area contributed by atoms with Crippen LogP contribution >= 0.6 is 11.3 Å². The number of carbonyl (C=O) groups is 2. The molecule has 126 valence electrons. The lowest BCUT2D eigenvalue weighted by Crippen LogP contribution is -2.07. The quantitative estimate of drug-likeness (QED) is 0.692. The largest absolute Gasteiger partial charge is 0.326 e. The van der Waals surface area contributed by atoms with Gasteiger partial charge in [-0.05, 0) is 36.8 Å². The van der Waals surface area contributed by atoms with Crippen molar-refractivity contribution >= 4 is 50.3 Å². The molecule has 0 fully saturated rings. The molecule has 3 aromatic rings. The average molecular weight is 351 g/mol. The van der Waals surface area contributed by atoms with Crippen molar-refractivity contribution in [3.8, 4) is 0 Å². The Hall–Kier alpha value is -2.99. The number of hydrogen-bond donors (Lipinski definition) is 2. The molecule has 0 bridgehead atoms. The van der Waals surface area contributed by atoms with E-state index in [9.17, 15) is 9.59 Å². The third-order valence-corrected chi connectivity index (χ3v) is 4.34. The Morgan fingerprint density at radius 2 is 1.96 bits per heavy atom. The summed E-state index contributed by atoms with van der Waals surface area (Å²) in [4.78, 5) is 27.6. The zero-order chi connectivity index (χ0) is 17.8. The number of anilines is 2. The highest BCUT2D eigenvalue weighted by Crippen LogP contribution is 2.28. The van der Waals surface area contributed by atoms with Gasteiger partial charge in [0.15, 0.2) is 5.13 Å². The third-order valence-electron chi connectivity index (χ3n) is 3.41. The van der Waals surface area contributed by atoms with Crippen LogP contribution < -0.4 is 10.6 Å². The predicted octanol–water partition coefficient (Wildman–Crippen LogP) is 4.22. The van der Waals surface area contributed by atoms with Gasteiger partial charge in [0.2, 0.25) is 11.8 Å². The van der Waals surface area contributed by atoms with Crippen LogP contribution in [-0.2, 0) is 9.59 Å². The van der Waals surface area contributed by atoms with E-state index < -0.39 is 0 Å². The minimum absolute atomic E-state index is 0.126. The van der Waals surface area contributed by atoms with E-state index in [0.717, 1.165) is 21.3 Å². The van der Waals surface area contributed by atoms with Crippen molar-refractivity contribution in [2.24, 2.45) is 0 Å². The molecule has 2 amide bonds. The first-order valence-electron chi connectivity index (χ1n) is 7.73. The topological polar surface area (TPSA) is 71.1 Å². The van der Waals surface area contributed by atoms with Crippen molar-refractivity contribution in [3.05, 3.63) is 59.7 Å². The first kappa shape index (κ1) is 16.9. The number of carbonyl (C=O) groups excluding carboxylic acids is 2. The number of benzene rings is 2. The molecule has 0 atom stereocenters. The van der Waals surface area contributed by atoms with Crippen LogP contribution in [0.3, 0.4) is 0 Å². The molecule has 0 aliphatic carbocycles. The molecule has 0 aliphatic heterocycles. The molecule has 0 radical (unpaired) electrons. The lowest BCUT2D eigenvalue weighted by molar-refractivity contribution is -0.114. The molecule has 2 N–H and O–H groups in total. The van der Waals surface area contributed by atoms with Crippen molar-refractivity contribution in [2.45, 2.75) is 13.8 Å². The lowest BCUT2D eigenvalue weighted by atomic mass is 10.1. The monoisotopic (exact) mass is 351 g/mol. The van der Waals surface area contributed by atoms with E-state index in [4.69, 9.17) is 0 Å². The van der Waals surface area contributed by atoms with Crippen molar-refractivity contribution in [1.82, 2.24) is 4.98 Å². The van der Waals surface area contributed by atoms with Crippen molar-refractivity contribution < 1.29 is 9.59 Å². The zero-order valence-corrected chi connectivity index (χ0v) is 14.7. The molecule has 5 nitrogen and oxygen atoms in total. The maximum Gasteiger partial charge on any atom is 0.250 e. The number of rotatable bonds is 4. The normalized spacial score (nSPS) is 11.0. The predicted molar refractivity (Wildman–Crippen MR) is 103 cm³/mol. The van der Waals surface area contributed by atoms with Crippen molar-refractivity contribution in [2.75, 3.05) is 10.6 Å². The summed E-state index contributed by atoms with van der Waals surface area (Å²) < 4.78 is 0.893. The summed E-state index contributed by atoms with van der Waals surface area (Å²) in [5.74, 6) is -0.360. The Morgan fingerprint density at radius 3 is 2.72 bits per heavy atom. The number of amides is 2. The van der Waals surface area contributed by atoms with E-state index in [1.54, 1.807) is 12.1 Å². The van der Waals surface area contributed by atoms with Crippen molar-refractivity contribution in [1.29, 1.82) is 0 Å². The fourth-order valence-corrected chi connectivity index (χ4v) is 3.26. The van der Waals surface area contributed by atoms with Crippen LogP contribution in [0, 0.1) is 6.92 Å². The molecule has 0 spiro atoms. The van der Waals surface area contributed by atoms with E-state index >= 15 is 0 Å². The second kappa shape index (κ2) is 7.27. The Bertz CT molecular complexity index is 976. The molecule has 0 aliphatic rings. The van der Waals surface area contributed by atoms with Crippen LogP contribution in [0.25, 0.3) is 16.3 Å². The highest BCUT2D eigenvalue weighted by Gasteiger charge is 2.07. The first-order chi connectivity index (χ1) is 12.0. The highest BCUT2D eigenvalue weighted by atomic mass is 32.1. The zero-order valence-electron chi connectivity index (χ0n) is 13.9. The number of aryl methyl sites for hydroxylation is 1. The molecule has 0 saturated carbocycles. The van der Waals surface area contributed by atoms with Gasteiger partial charge in [-0.2, -0.15) is 0 Å². The van der Waals surface area contributed by atoms with E-state index in [1.807, 2.05) is 43.3 Å². The average Bonchev–Trinajstić information content (AvgIpc) is 2.94. The van der Waals surface area contributed by atoms with E-state index in [2.05, 4.69) is 15.6 Å². The highest BCUT2D eigenvalue weighted by molar-refractivity contribution is 7.22. The Morgan fingerprint density at radius 1 is 1.12 bits per heavy atom. The molecule has 1 aromatic heterocycles. The van der Waals surface area contributed by atoms with E-state index in [0.29, 0.717) is 10.8 Å². The van der Waals surface area contributed by atoms with Gasteiger partial charge < -0.3 is 5.32 Å². The van der Waals surface area contributed by atoms with E-state index in [-0.39, 0.29) is 11.8 Å². The number of thiazole rings is 1. The molecule has 0 saturated heterocycles. The Kier molecular flexibility index (Phi) is 4.90. The smallest absolute Gasteiger partial charge is 0.250 e. The van der Waals surface area contributed by atoms with Crippen LogP contribution in [0.2, 0.25) is 0 Å². The van der Waals surface area contributed by atoms with Crippen LogP contribution in [-0.4, -0.2) is 16.8 Å². The van der Waals surface area contributed by atoms with Gasteiger partial charge in [-0.3, -0.25) is 14.9 Å². The summed E-state index contributed by atoms with van der Waals surface area (Å²) in [5, 5.41) is 6.02. The second-order valence-corrected chi connectivity index (χ2v) is 6.65. The molecular weight excluding hydrogens is 334 g/mol. The number of nitrogens with zero attached hydrogens (tertiary/aromatic N) is 1. The van der Waals surface area contributed by atoms with Gasteiger partial charge in [0.05, 0.1) is 10.2 Å². The summed E-state index contributed by atoms with van der Waals surface area (Å²) in [6.45, 7) is 3.47. The molecule has 6 heteroatoms. The van der Waals surface area contributed by atoms with Gasteiger partial charge >= 0.3 is 0 Å². The Labute approximate surface area is 149 Å². The molecule has 0 unspecified atom stereocenters. The van der Waals surface area contributed by atoms with Gasteiger partial charge in [0, 0.05) is 18.7 Å². The third kappa shape index (κ3) is 4.51. The van der Waals surface area contributed by atoms with Gasteiger partial charge in [0.1, 0.15) is 0 Å². The summed E-state index contributed by atoms with van der Waals surface area (Å²) >= 11 is 1.36. The Balaban J connectivity index is 1.71. The molecule has 1 heterocycles. The van der Waals surface area contributed by atoms with Crippen LogP contribution in [0.15, 0.2) is 48.5 Å². The number of nitrogens with one attached hydrogen (secondary N) is 2. The van der Waals surface area contributed by atoms with Gasteiger partial charge in [-0.1, -0.05) is 41.2 Å². The minimum Gasteiger partial charge on any atom is -0.326 e. The van der Waals surface area contributed by atoms with Gasteiger partial charge in [-0.15, -0.1) is 0 Å². The first-order valence-corrected chi connectivity index (χ1v) is 8.55. The summed E-state index contributed by atoms with van der Waals surface area (Å²) in [6, 6.07) is 13.3. The van der Waals surface area contributed by atoms with Gasteiger partial charge in [-0.25, -0.2) is 4.98 Å². The lowest BCUT2D eigenvalue weighted by Gasteiger charge is -1.99. The second-order valence-electron chi connectivity index (χ2n) is 5.62. The maximum absolute atomic E-state index is 12.1. The van der Waals surface area contributed by atoms with Crippen molar-refractivity contribution in [3.63, 3.8) is 0 Å². The molecular formula is C19H17N3O2S. The SMILES string of the molecule is CC(=O)Nc1ccc2nc(NC(=O)/C=C/c3cccc(C)c3)sc2c1. The minimum atomic E-state index is -0.234.